The first kappa shape index (κ1) is 13.2. The molecular weight excluding hydrogens is 304 g/mol. The van der Waals surface area contributed by atoms with E-state index in [0.717, 1.165) is 5.56 Å². The van der Waals surface area contributed by atoms with Gasteiger partial charge in [-0.3, -0.25) is 4.68 Å². The largest absolute Gasteiger partial charge is 0.323 e. The first-order valence-corrected chi connectivity index (χ1v) is 6.14. The Morgan fingerprint density at radius 1 is 1.39 bits per heavy atom. The number of hydrogen-bond donors (Lipinski definition) is 1. The zero-order valence-corrected chi connectivity index (χ0v) is 11.3. The standard InChI is InChI=1S/C12H12BrF2N3/c1-18-6-7(5-17-18)2-11(16)12-9(14)3-8(13)4-10(12)15/h3-6,11H,2,16H2,1H3. The molecule has 0 saturated carbocycles. The topological polar surface area (TPSA) is 43.8 Å². The molecule has 0 saturated heterocycles. The van der Waals surface area contributed by atoms with Crippen molar-refractivity contribution in [2.24, 2.45) is 12.8 Å². The highest BCUT2D eigenvalue weighted by molar-refractivity contribution is 9.10. The predicted octanol–water partition coefficient (Wildman–Crippen LogP) is 2.70. The smallest absolute Gasteiger partial charge is 0.132 e. The van der Waals surface area contributed by atoms with Crippen molar-refractivity contribution in [3.63, 3.8) is 0 Å². The number of nitrogens with zero attached hydrogens (tertiary/aromatic N) is 2. The third kappa shape index (κ3) is 2.76. The summed E-state index contributed by atoms with van der Waals surface area (Å²) in [5, 5.41) is 3.99. The van der Waals surface area contributed by atoms with Gasteiger partial charge >= 0.3 is 0 Å². The van der Waals surface area contributed by atoms with Crippen molar-refractivity contribution in [1.29, 1.82) is 0 Å². The van der Waals surface area contributed by atoms with E-state index in [1.54, 1.807) is 24.1 Å². The van der Waals surface area contributed by atoms with Gasteiger partial charge in [-0.2, -0.15) is 5.10 Å². The Labute approximate surface area is 112 Å². The van der Waals surface area contributed by atoms with E-state index in [4.69, 9.17) is 5.73 Å². The van der Waals surface area contributed by atoms with Crippen LogP contribution in [0.15, 0.2) is 29.0 Å². The molecule has 6 heteroatoms. The second-order valence-electron chi connectivity index (χ2n) is 4.12. The molecule has 0 radical (unpaired) electrons. The van der Waals surface area contributed by atoms with Crippen LogP contribution in [0.25, 0.3) is 0 Å². The minimum atomic E-state index is -0.734. The summed E-state index contributed by atoms with van der Waals surface area (Å²) in [5.74, 6) is -1.28. The molecule has 0 aliphatic rings. The summed E-state index contributed by atoms with van der Waals surface area (Å²) >= 11 is 3.03. The van der Waals surface area contributed by atoms with Crippen molar-refractivity contribution >= 4 is 15.9 Å². The normalized spacial score (nSPS) is 12.7. The van der Waals surface area contributed by atoms with Gasteiger partial charge < -0.3 is 5.73 Å². The van der Waals surface area contributed by atoms with Crippen molar-refractivity contribution in [3.05, 3.63) is 51.8 Å². The van der Waals surface area contributed by atoms with Crippen molar-refractivity contribution in [1.82, 2.24) is 9.78 Å². The maximum Gasteiger partial charge on any atom is 0.132 e. The van der Waals surface area contributed by atoms with Crippen LogP contribution >= 0.6 is 15.9 Å². The van der Waals surface area contributed by atoms with Gasteiger partial charge in [0.1, 0.15) is 11.6 Å². The Hall–Kier alpha value is -1.27. The van der Waals surface area contributed by atoms with Crippen LogP contribution in [-0.4, -0.2) is 9.78 Å². The molecule has 1 heterocycles. The fourth-order valence-electron chi connectivity index (χ4n) is 1.84. The first-order valence-electron chi connectivity index (χ1n) is 5.35. The quantitative estimate of drug-likeness (QED) is 0.946. The molecule has 0 fully saturated rings. The summed E-state index contributed by atoms with van der Waals surface area (Å²) in [6.45, 7) is 0. The molecular formula is C12H12BrF2N3. The molecule has 2 rings (SSSR count). The van der Waals surface area contributed by atoms with Gasteiger partial charge in [0.15, 0.2) is 0 Å². The Morgan fingerprint density at radius 3 is 2.50 bits per heavy atom. The average molecular weight is 316 g/mol. The van der Waals surface area contributed by atoms with Crippen molar-refractivity contribution in [3.8, 4) is 0 Å². The van der Waals surface area contributed by atoms with Gasteiger partial charge in [-0.25, -0.2) is 8.78 Å². The van der Waals surface area contributed by atoms with E-state index in [-0.39, 0.29) is 5.56 Å². The molecule has 3 nitrogen and oxygen atoms in total. The van der Waals surface area contributed by atoms with E-state index >= 15 is 0 Å². The monoisotopic (exact) mass is 315 g/mol. The summed E-state index contributed by atoms with van der Waals surface area (Å²) in [6, 6.07) is 1.69. The van der Waals surface area contributed by atoms with E-state index in [1.807, 2.05) is 0 Å². The molecule has 0 aliphatic heterocycles. The average Bonchev–Trinajstić information content (AvgIpc) is 2.62. The zero-order valence-electron chi connectivity index (χ0n) is 9.70. The highest BCUT2D eigenvalue weighted by atomic mass is 79.9. The summed E-state index contributed by atoms with van der Waals surface area (Å²) in [4.78, 5) is 0. The van der Waals surface area contributed by atoms with Gasteiger partial charge in [-0.05, 0) is 24.1 Å². The Bertz CT molecular complexity index is 545. The van der Waals surface area contributed by atoms with E-state index in [1.165, 1.54) is 12.1 Å². The lowest BCUT2D eigenvalue weighted by molar-refractivity contribution is 0.523. The Balaban J connectivity index is 2.26. The van der Waals surface area contributed by atoms with Gasteiger partial charge in [0.2, 0.25) is 0 Å². The molecule has 0 bridgehead atoms. The van der Waals surface area contributed by atoms with Gasteiger partial charge in [-0.1, -0.05) is 15.9 Å². The molecule has 0 amide bonds. The van der Waals surface area contributed by atoms with Crippen LogP contribution in [0.4, 0.5) is 8.78 Å². The Kier molecular flexibility index (Phi) is 3.77. The minimum absolute atomic E-state index is 0.0953. The fraction of sp³-hybridized carbons (Fsp3) is 0.250. The molecule has 1 atom stereocenters. The first-order chi connectivity index (χ1) is 8.47. The van der Waals surface area contributed by atoms with Gasteiger partial charge in [0.05, 0.1) is 6.20 Å². The van der Waals surface area contributed by atoms with E-state index in [2.05, 4.69) is 21.0 Å². The minimum Gasteiger partial charge on any atom is -0.323 e. The number of hydrogen-bond acceptors (Lipinski definition) is 2. The number of rotatable bonds is 3. The van der Waals surface area contributed by atoms with Crippen LogP contribution in [0.5, 0.6) is 0 Å². The van der Waals surface area contributed by atoms with Gasteiger partial charge in [-0.15, -0.1) is 0 Å². The molecule has 2 aromatic rings. The lowest BCUT2D eigenvalue weighted by Crippen LogP contribution is -2.16. The molecule has 1 aromatic heterocycles. The highest BCUT2D eigenvalue weighted by Crippen LogP contribution is 2.25. The maximum atomic E-state index is 13.7. The van der Waals surface area contributed by atoms with Crippen LogP contribution in [0, 0.1) is 11.6 Å². The second kappa shape index (κ2) is 5.16. The van der Waals surface area contributed by atoms with Crippen molar-refractivity contribution < 1.29 is 8.78 Å². The van der Waals surface area contributed by atoms with Crippen LogP contribution in [0.2, 0.25) is 0 Å². The van der Waals surface area contributed by atoms with Crippen LogP contribution < -0.4 is 5.73 Å². The number of nitrogens with two attached hydrogens (primary N) is 1. The lowest BCUT2D eigenvalue weighted by atomic mass is 10.0. The molecule has 18 heavy (non-hydrogen) atoms. The van der Waals surface area contributed by atoms with Crippen LogP contribution in [0.1, 0.15) is 17.2 Å². The summed E-state index contributed by atoms with van der Waals surface area (Å²) in [5.41, 5.74) is 6.60. The second-order valence-corrected chi connectivity index (χ2v) is 5.03. The summed E-state index contributed by atoms with van der Waals surface area (Å²) in [7, 11) is 1.77. The zero-order chi connectivity index (χ0) is 13.3. The predicted molar refractivity (Wildman–Crippen MR) is 67.9 cm³/mol. The van der Waals surface area contributed by atoms with Gasteiger partial charge in [0.25, 0.3) is 0 Å². The molecule has 2 N–H and O–H groups in total. The molecule has 96 valence electrons. The van der Waals surface area contributed by atoms with E-state index < -0.39 is 17.7 Å². The summed E-state index contributed by atoms with van der Waals surface area (Å²) in [6.07, 6.45) is 3.74. The third-order valence-corrected chi connectivity index (χ3v) is 3.09. The number of aryl methyl sites for hydroxylation is 1. The number of benzene rings is 1. The van der Waals surface area contributed by atoms with E-state index in [0.29, 0.717) is 10.9 Å². The van der Waals surface area contributed by atoms with Crippen LogP contribution in [-0.2, 0) is 13.5 Å². The van der Waals surface area contributed by atoms with Crippen molar-refractivity contribution in [2.45, 2.75) is 12.5 Å². The Morgan fingerprint density at radius 2 is 2.00 bits per heavy atom. The SMILES string of the molecule is Cn1cc(CC(N)c2c(F)cc(Br)cc2F)cn1. The fourth-order valence-corrected chi connectivity index (χ4v) is 2.24. The summed E-state index contributed by atoms with van der Waals surface area (Å²) < 4.78 is 29.4. The van der Waals surface area contributed by atoms with Crippen molar-refractivity contribution in [2.75, 3.05) is 0 Å². The van der Waals surface area contributed by atoms with E-state index in [9.17, 15) is 8.78 Å². The molecule has 1 unspecified atom stereocenters. The number of aromatic nitrogens is 2. The highest BCUT2D eigenvalue weighted by Gasteiger charge is 2.18. The molecule has 1 aromatic carbocycles. The maximum absolute atomic E-state index is 13.7. The number of halogens is 3. The van der Waals surface area contributed by atoms with Crippen LogP contribution in [0.3, 0.4) is 0 Å². The lowest BCUT2D eigenvalue weighted by Gasteiger charge is -2.13. The molecule has 0 spiro atoms. The third-order valence-electron chi connectivity index (χ3n) is 2.63. The van der Waals surface area contributed by atoms with Gasteiger partial charge in [0, 0.05) is 29.3 Å². The molecule has 0 aliphatic carbocycles.